The maximum atomic E-state index is 10.00. The van der Waals surface area contributed by atoms with Gasteiger partial charge in [0.2, 0.25) is 0 Å². The molecule has 2 nitrogen and oxygen atoms in total. The molecule has 1 aromatic rings. The molecule has 0 amide bonds. The molecular formula is C12H17IO2. The van der Waals surface area contributed by atoms with Crippen LogP contribution in [-0.2, 0) is 0 Å². The van der Waals surface area contributed by atoms with Crippen molar-refractivity contribution in [1.82, 2.24) is 0 Å². The lowest BCUT2D eigenvalue weighted by Gasteiger charge is -2.27. The quantitative estimate of drug-likeness (QED) is 0.864. The molecular weight excluding hydrogens is 303 g/mol. The average Bonchev–Trinajstić information content (AvgIpc) is 2.15. The van der Waals surface area contributed by atoms with Crippen molar-refractivity contribution in [3.05, 3.63) is 27.8 Å². The highest BCUT2D eigenvalue weighted by atomic mass is 127. The van der Waals surface area contributed by atoms with E-state index in [1.807, 2.05) is 38.1 Å². The molecule has 3 heteroatoms. The number of hydrogen-bond acceptors (Lipinski definition) is 2. The predicted octanol–water partition coefficient (Wildman–Crippen LogP) is 3.08. The van der Waals surface area contributed by atoms with Crippen molar-refractivity contribution < 1.29 is 9.84 Å². The van der Waals surface area contributed by atoms with Crippen LogP contribution in [0.2, 0.25) is 0 Å². The Bertz CT molecular complexity index is 321. The number of benzene rings is 1. The second kappa shape index (κ2) is 5.16. The van der Waals surface area contributed by atoms with E-state index in [-0.39, 0.29) is 5.92 Å². The first-order valence-electron chi connectivity index (χ1n) is 5.02. The summed E-state index contributed by atoms with van der Waals surface area (Å²) < 4.78 is 6.69. The summed E-state index contributed by atoms with van der Waals surface area (Å²) in [6, 6.07) is 7.81. The Morgan fingerprint density at radius 3 is 2.67 bits per heavy atom. The molecule has 84 valence electrons. The van der Waals surface area contributed by atoms with Gasteiger partial charge in [-0.05, 0) is 53.6 Å². The number of rotatable bonds is 4. The maximum absolute atomic E-state index is 10.00. The van der Waals surface area contributed by atoms with E-state index in [0.717, 1.165) is 9.32 Å². The van der Waals surface area contributed by atoms with Crippen molar-refractivity contribution in [2.45, 2.75) is 26.4 Å². The van der Waals surface area contributed by atoms with E-state index < -0.39 is 5.60 Å². The molecule has 0 fully saturated rings. The molecule has 1 N–H and O–H groups in total. The third kappa shape index (κ3) is 3.99. The highest BCUT2D eigenvalue weighted by molar-refractivity contribution is 14.1. The molecule has 0 aliphatic heterocycles. The van der Waals surface area contributed by atoms with Crippen LogP contribution in [0.25, 0.3) is 0 Å². The zero-order valence-corrected chi connectivity index (χ0v) is 11.5. The number of aliphatic hydroxyl groups is 1. The number of halogens is 1. The van der Waals surface area contributed by atoms with Crippen molar-refractivity contribution in [2.24, 2.45) is 5.92 Å². The topological polar surface area (TPSA) is 29.5 Å². The van der Waals surface area contributed by atoms with Gasteiger partial charge in [-0.1, -0.05) is 19.9 Å². The lowest BCUT2D eigenvalue weighted by atomic mass is 9.94. The van der Waals surface area contributed by atoms with Gasteiger partial charge in [-0.3, -0.25) is 0 Å². The standard InChI is InChI=1S/C12H17IO2/c1-9(2)12(3,14)8-15-11-6-4-5-10(13)7-11/h4-7,9,14H,8H2,1-3H3. The largest absolute Gasteiger partial charge is 0.491 e. The minimum Gasteiger partial charge on any atom is -0.491 e. The monoisotopic (exact) mass is 320 g/mol. The minimum atomic E-state index is -0.777. The van der Waals surface area contributed by atoms with E-state index in [1.165, 1.54) is 0 Å². The summed E-state index contributed by atoms with van der Waals surface area (Å²) in [4.78, 5) is 0. The Hall–Kier alpha value is -0.290. The number of hydrogen-bond donors (Lipinski definition) is 1. The van der Waals surface area contributed by atoms with Crippen molar-refractivity contribution in [2.75, 3.05) is 6.61 Å². The first-order valence-corrected chi connectivity index (χ1v) is 6.10. The highest BCUT2D eigenvalue weighted by Gasteiger charge is 2.25. The molecule has 0 spiro atoms. The summed E-state index contributed by atoms with van der Waals surface area (Å²) >= 11 is 2.24. The van der Waals surface area contributed by atoms with E-state index in [4.69, 9.17) is 4.74 Å². The molecule has 1 aromatic carbocycles. The Kier molecular flexibility index (Phi) is 4.40. The highest BCUT2D eigenvalue weighted by Crippen LogP contribution is 2.20. The van der Waals surface area contributed by atoms with Gasteiger partial charge in [0.15, 0.2) is 0 Å². The van der Waals surface area contributed by atoms with Crippen LogP contribution >= 0.6 is 22.6 Å². The fraction of sp³-hybridized carbons (Fsp3) is 0.500. The van der Waals surface area contributed by atoms with Crippen LogP contribution in [0.15, 0.2) is 24.3 Å². The van der Waals surface area contributed by atoms with Crippen molar-refractivity contribution in [1.29, 1.82) is 0 Å². The zero-order valence-electron chi connectivity index (χ0n) is 9.33. The third-order valence-electron chi connectivity index (χ3n) is 2.57. The lowest BCUT2D eigenvalue weighted by Crippen LogP contribution is -2.37. The van der Waals surface area contributed by atoms with E-state index in [9.17, 15) is 5.11 Å². The average molecular weight is 320 g/mol. The van der Waals surface area contributed by atoms with Crippen LogP contribution in [0.3, 0.4) is 0 Å². The fourth-order valence-electron chi connectivity index (χ4n) is 0.953. The lowest BCUT2D eigenvalue weighted by molar-refractivity contribution is -0.0266. The second-order valence-electron chi connectivity index (χ2n) is 4.26. The van der Waals surface area contributed by atoms with Crippen molar-refractivity contribution in [3.63, 3.8) is 0 Å². The zero-order chi connectivity index (χ0) is 11.5. The van der Waals surface area contributed by atoms with Crippen LogP contribution in [0.1, 0.15) is 20.8 Å². The second-order valence-corrected chi connectivity index (χ2v) is 5.50. The molecule has 0 radical (unpaired) electrons. The van der Waals surface area contributed by atoms with Crippen LogP contribution in [0, 0.1) is 9.49 Å². The molecule has 0 aliphatic rings. The Morgan fingerprint density at radius 1 is 1.47 bits per heavy atom. The molecule has 1 atom stereocenters. The van der Waals surface area contributed by atoms with Gasteiger partial charge in [0, 0.05) is 3.57 Å². The summed E-state index contributed by atoms with van der Waals surface area (Å²) in [5, 5.41) is 10.00. The van der Waals surface area contributed by atoms with Gasteiger partial charge in [-0.25, -0.2) is 0 Å². The van der Waals surface area contributed by atoms with E-state index >= 15 is 0 Å². The smallest absolute Gasteiger partial charge is 0.120 e. The molecule has 0 aromatic heterocycles. The van der Waals surface area contributed by atoms with Gasteiger partial charge in [0.1, 0.15) is 12.4 Å². The minimum absolute atomic E-state index is 0.181. The number of ether oxygens (including phenoxy) is 1. The van der Waals surface area contributed by atoms with Gasteiger partial charge in [-0.2, -0.15) is 0 Å². The SMILES string of the molecule is CC(C)C(C)(O)COc1cccc(I)c1. The summed E-state index contributed by atoms with van der Waals surface area (Å²) in [7, 11) is 0. The van der Waals surface area contributed by atoms with Crippen LogP contribution in [0.5, 0.6) is 5.75 Å². The van der Waals surface area contributed by atoms with Crippen LogP contribution in [-0.4, -0.2) is 17.3 Å². The molecule has 0 heterocycles. The molecule has 15 heavy (non-hydrogen) atoms. The molecule has 0 saturated heterocycles. The van der Waals surface area contributed by atoms with Gasteiger partial charge < -0.3 is 9.84 Å². The summed E-state index contributed by atoms with van der Waals surface area (Å²) in [6.07, 6.45) is 0. The van der Waals surface area contributed by atoms with Crippen molar-refractivity contribution >= 4 is 22.6 Å². The van der Waals surface area contributed by atoms with E-state index in [0.29, 0.717) is 6.61 Å². The Morgan fingerprint density at radius 2 is 2.13 bits per heavy atom. The van der Waals surface area contributed by atoms with Crippen molar-refractivity contribution in [3.8, 4) is 5.75 Å². The van der Waals surface area contributed by atoms with E-state index in [2.05, 4.69) is 22.6 Å². The first kappa shape index (κ1) is 12.8. The molecule has 0 aliphatic carbocycles. The van der Waals surface area contributed by atoms with E-state index in [1.54, 1.807) is 6.92 Å². The van der Waals surface area contributed by atoms with Gasteiger partial charge in [-0.15, -0.1) is 0 Å². The third-order valence-corrected chi connectivity index (χ3v) is 3.24. The van der Waals surface area contributed by atoms with Crippen LogP contribution in [0.4, 0.5) is 0 Å². The Balaban J connectivity index is 2.57. The summed E-state index contributed by atoms with van der Waals surface area (Å²) in [6.45, 7) is 6.09. The van der Waals surface area contributed by atoms with Crippen LogP contribution < -0.4 is 4.74 Å². The first-order chi connectivity index (χ1) is 6.92. The Labute approximate surface area is 105 Å². The summed E-state index contributed by atoms with van der Waals surface area (Å²) in [5.41, 5.74) is -0.777. The molecule has 0 bridgehead atoms. The molecule has 1 unspecified atom stereocenters. The maximum Gasteiger partial charge on any atom is 0.120 e. The molecule has 0 saturated carbocycles. The summed E-state index contributed by atoms with van der Waals surface area (Å²) in [5.74, 6) is 0.989. The predicted molar refractivity (Wildman–Crippen MR) is 70.1 cm³/mol. The van der Waals surface area contributed by atoms with Gasteiger partial charge in [0.25, 0.3) is 0 Å². The molecule has 1 rings (SSSR count). The fourth-order valence-corrected chi connectivity index (χ4v) is 1.47. The van der Waals surface area contributed by atoms with Gasteiger partial charge in [0.05, 0.1) is 5.60 Å². The normalized spacial score (nSPS) is 15.1. The van der Waals surface area contributed by atoms with Gasteiger partial charge >= 0.3 is 0 Å².